The molecule has 28 heavy (non-hydrogen) atoms. The van der Waals surface area contributed by atoms with E-state index in [0.29, 0.717) is 11.3 Å². The molecule has 148 valence electrons. The Balaban J connectivity index is 2.00. The molecule has 2 aromatic carbocycles. The van der Waals surface area contributed by atoms with Crippen LogP contribution in [0, 0.1) is 5.41 Å². The van der Waals surface area contributed by atoms with Crippen molar-refractivity contribution in [1.82, 2.24) is 5.32 Å². The zero-order chi connectivity index (χ0) is 20.7. The van der Waals surface area contributed by atoms with E-state index in [4.69, 9.17) is 4.74 Å². The Morgan fingerprint density at radius 1 is 0.964 bits per heavy atom. The first kappa shape index (κ1) is 21.0. The lowest BCUT2D eigenvalue weighted by Crippen LogP contribution is -2.44. The summed E-state index contributed by atoms with van der Waals surface area (Å²) in [5.74, 6) is -0.678. The Hall–Kier alpha value is -3.35. The summed E-state index contributed by atoms with van der Waals surface area (Å²) in [5.41, 5.74) is 0.287. The summed E-state index contributed by atoms with van der Waals surface area (Å²) < 4.78 is 9.76. The lowest BCUT2D eigenvalue weighted by Gasteiger charge is -2.23. The van der Waals surface area contributed by atoms with Crippen molar-refractivity contribution in [2.24, 2.45) is 5.41 Å². The van der Waals surface area contributed by atoms with Crippen LogP contribution in [0.1, 0.15) is 29.8 Å². The predicted molar refractivity (Wildman–Crippen MR) is 105 cm³/mol. The summed E-state index contributed by atoms with van der Waals surface area (Å²) in [6, 6.07) is 13.6. The summed E-state index contributed by atoms with van der Waals surface area (Å²) in [7, 11) is 2.86. The average Bonchev–Trinajstić information content (AvgIpc) is 2.71. The summed E-state index contributed by atoms with van der Waals surface area (Å²) in [6.07, 6.45) is 0. The molecule has 0 heterocycles. The maximum atomic E-state index is 12.6. The molecule has 0 saturated heterocycles. The third kappa shape index (κ3) is 5.09. The molecule has 0 aliphatic carbocycles. The van der Waals surface area contributed by atoms with Crippen LogP contribution in [-0.4, -0.2) is 32.0 Å². The van der Waals surface area contributed by atoms with E-state index in [1.165, 1.54) is 27.0 Å². The molecule has 7 heteroatoms. The molecule has 2 aromatic rings. The van der Waals surface area contributed by atoms with Crippen LogP contribution in [-0.2, 0) is 20.9 Å². The van der Waals surface area contributed by atoms with Crippen LogP contribution in [0.15, 0.2) is 48.5 Å². The molecule has 0 spiro atoms. The molecule has 0 aliphatic rings. The average molecular weight is 384 g/mol. The van der Waals surface area contributed by atoms with E-state index >= 15 is 0 Å². The number of nitrogens with one attached hydrogen (secondary N) is 2. The zero-order valence-electron chi connectivity index (χ0n) is 16.4. The quantitative estimate of drug-likeness (QED) is 0.566. The van der Waals surface area contributed by atoms with Gasteiger partial charge in [-0.15, -0.1) is 0 Å². The Morgan fingerprint density at radius 2 is 1.64 bits per heavy atom. The van der Waals surface area contributed by atoms with Gasteiger partial charge in [-0.1, -0.05) is 18.2 Å². The first-order chi connectivity index (χ1) is 13.3. The molecule has 2 rings (SSSR count). The number of anilines is 1. The van der Waals surface area contributed by atoms with Gasteiger partial charge in [-0.05, 0) is 49.7 Å². The van der Waals surface area contributed by atoms with E-state index in [2.05, 4.69) is 15.4 Å². The maximum Gasteiger partial charge on any atom is 0.337 e. The van der Waals surface area contributed by atoms with Gasteiger partial charge in [0.25, 0.3) is 0 Å². The minimum atomic E-state index is -1.31. The number of carbonyl (C=O) groups excluding carboxylic acids is 3. The molecular formula is C21H24N2O5. The van der Waals surface area contributed by atoms with Crippen LogP contribution in [0.2, 0.25) is 0 Å². The Morgan fingerprint density at radius 3 is 2.25 bits per heavy atom. The second-order valence-corrected chi connectivity index (χ2v) is 6.68. The number of hydrogen-bond donors (Lipinski definition) is 2. The van der Waals surface area contributed by atoms with Crippen LogP contribution in [0.25, 0.3) is 0 Å². The Kier molecular flexibility index (Phi) is 6.76. The van der Waals surface area contributed by atoms with Crippen LogP contribution in [0.3, 0.4) is 0 Å². The van der Waals surface area contributed by atoms with Gasteiger partial charge in [-0.25, -0.2) is 4.79 Å². The molecule has 0 aromatic heterocycles. The van der Waals surface area contributed by atoms with Gasteiger partial charge >= 0.3 is 5.97 Å². The molecule has 0 atom stereocenters. The first-order valence-electron chi connectivity index (χ1n) is 8.69. The van der Waals surface area contributed by atoms with Gasteiger partial charge < -0.3 is 20.1 Å². The van der Waals surface area contributed by atoms with Crippen molar-refractivity contribution in [3.8, 4) is 5.75 Å². The van der Waals surface area contributed by atoms with Crippen molar-refractivity contribution in [3.63, 3.8) is 0 Å². The second-order valence-electron chi connectivity index (χ2n) is 6.68. The number of esters is 1. The van der Waals surface area contributed by atoms with Crippen LogP contribution in [0.5, 0.6) is 5.75 Å². The van der Waals surface area contributed by atoms with Gasteiger partial charge in [0, 0.05) is 12.2 Å². The highest BCUT2D eigenvalue weighted by Gasteiger charge is 2.36. The molecule has 0 unspecified atom stereocenters. The third-order valence-corrected chi connectivity index (χ3v) is 4.29. The summed E-state index contributed by atoms with van der Waals surface area (Å²) >= 11 is 0. The molecule has 2 N–H and O–H groups in total. The highest BCUT2D eigenvalue weighted by molar-refractivity contribution is 6.10. The maximum absolute atomic E-state index is 12.6. The highest BCUT2D eigenvalue weighted by atomic mass is 16.5. The Labute approximate surface area is 164 Å². The molecule has 0 saturated carbocycles. The van der Waals surface area contributed by atoms with Gasteiger partial charge in [0.15, 0.2) is 0 Å². The first-order valence-corrected chi connectivity index (χ1v) is 8.69. The fourth-order valence-corrected chi connectivity index (χ4v) is 2.38. The number of hydrogen-bond acceptors (Lipinski definition) is 5. The van der Waals surface area contributed by atoms with Gasteiger partial charge in [0.1, 0.15) is 11.2 Å². The predicted octanol–water partition coefficient (Wildman–Crippen LogP) is 2.76. The van der Waals surface area contributed by atoms with E-state index in [9.17, 15) is 14.4 Å². The fourth-order valence-electron chi connectivity index (χ4n) is 2.38. The monoisotopic (exact) mass is 384 g/mol. The minimum Gasteiger partial charge on any atom is -0.497 e. The third-order valence-electron chi connectivity index (χ3n) is 4.29. The van der Waals surface area contributed by atoms with Crippen molar-refractivity contribution >= 4 is 23.5 Å². The van der Waals surface area contributed by atoms with E-state index in [0.717, 1.165) is 11.3 Å². The summed E-state index contributed by atoms with van der Waals surface area (Å²) in [4.78, 5) is 36.8. The SMILES string of the molecule is COC(=O)c1cccc(NC(=O)C(C)(C)C(=O)NCc2ccc(OC)cc2)c1. The van der Waals surface area contributed by atoms with E-state index < -0.39 is 23.2 Å². The van der Waals surface area contributed by atoms with Crippen LogP contribution in [0.4, 0.5) is 5.69 Å². The number of ether oxygens (including phenoxy) is 2. The van der Waals surface area contributed by atoms with Crippen LogP contribution >= 0.6 is 0 Å². The summed E-state index contributed by atoms with van der Waals surface area (Å²) in [6.45, 7) is 3.36. The number of amides is 2. The van der Waals surface area contributed by atoms with Crippen molar-refractivity contribution in [2.75, 3.05) is 19.5 Å². The van der Waals surface area contributed by atoms with Crippen molar-refractivity contribution in [3.05, 3.63) is 59.7 Å². The molecule has 0 aliphatic heterocycles. The van der Waals surface area contributed by atoms with Gasteiger partial charge in [0.2, 0.25) is 11.8 Å². The fraction of sp³-hybridized carbons (Fsp3) is 0.286. The van der Waals surface area contributed by atoms with Crippen molar-refractivity contribution in [1.29, 1.82) is 0 Å². The number of methoxy groups -OCH3 is 2. The van der Waals surface area contributed by atoms with Gasteiger partial charge in [0.05, 0.1) is 19.8 Å². The van der Waals surface area contributed by atoms with Crippen molar-refractivity contribution in [2.45, 2.75) is 20.4 Å². The smallest absolute Gasteiger partial charge is 0.337 e. The molecule has 0 fully saturated rings. The van der Waals surface area contributed by atoms with E-state index in [1.807, 2.05) is 12.1 Å². The molecule has 2 amide bonds. The molecular weight excluding hydrogens is 360 g/mol. The largest absolute Gasteiger partial charge is 0.497 e. The zero-order valence-corrected chi connectivity index (χ0v) is 16.4. The normalized spacial score (nSPS) is 10.7. The van der Waals surface area contributed by atoms with E-state index in [-0.39, 0.29) is 6.54 Å². The Bertz CT molecular complexity index is 859. The second kappa shape index (κ2) is 9.03. The van der Waals surface area contributed by atoms with Gasteiger partial charge in [-0.3, -0.25) is 9.59 Å². The number of rotatable bonds is 7. The lowest BCUT2D eigenvalue weighted by atomic mass is 9.90. The molecule has 0 bridgehead atoms. The summed E-state index contributed by atoms with van der Waals surface area (Å²) in [5, 5.41) is 5.44. The number of carbonyl (C=O) groups is 3. The topological polar surface area (TPSA) is 93.7 Å². The standard InChI is InChI=1S/C21H24N2O5/c1-21(2,19(25)22-13-14-8-10-17(27-3)11-9-14)20(26)23-16-7-5-6-15(12-16)18(24)28-4/h5-12H,13H2,1-4H3,(H,22,25)(H,23,26). The number of benzene rings is 2. The van der Waals surface area contributed by atoms with Crippen molar-refractivity contribution < 1.29 is 23.9 Å². The molecule has 0 radical (unpaired) electrons. The van der Waals surface area contributed by atoms with Gasteiger partial charge in [-0.2, -0.15) is 0 Å². The highest BCUT2D eigenvalue weighted by Crippen LogP contribution is 2.20. The molecule has 7 nitrogen and oxygen atoms in total. The van der Waals surface area contributed by atoms with Crippen LogP contribution < -0.4 is 15.4 Å². The minimum absolute atomic E-state index is 0.289. The lowest BCUT2D eigenvalue weighted by molar-refractivity contribution is -0.138. The van der Waals surface area contributed by atoms with E-state index in [1.54, 1.807) is 37.4 Å².